The van der Waals surface area contributed by atoms with Crippen LogP contribution in [0.3, 0.4) is 0 Å². The van der Waals surface area contributed by atoms with Crippen LogP contribution in [0.4, 0.5) is 0 Å². The molecule has 1 radical (unpaired) electrons. The predicted molar refractivity (Wildman–Crippen MR) is 58.3 cm³/mol. The van der Waals surface area contributed by atoms with E-state index in [0.717, 1.165) is 22.1 Å². The molecule has 2 heterocycles. The first-order chi connectivity index (χ1) is 7.45. The van der Waals surface area contributed by atoms with Gasteiger partial charge in [0.2, 0.25) is 0 Å². The highest BCUT2D eigenvalue weighted by atomic mass is 16.3. The van der Waals surface area contributed by atoms with Crippen LogP contribution < -0.4 is 0 Å². The summed E-state index contributed by atoms with van der Waals surface area (Å²) in [5.74, 6) is 0. The molecule has 3 rings (SSSR count). The number of furan rings is 1. The minimum Gasteiger partial charge on any atom is -0.464 e. The number of hydrogen-bond acceptors (Lipinski definition) is 2. The van der Waals surface area contributed by atoms with E-state index in [4.69, 9.17) is 4.42 Å². The number of benzene rings is 1. The molecule has 2 nitrogen and oxygen atoms in total. The monoisotopic (exact) mass is 194 g/mol. The number of pyridine rings is 1. The fraction of sp³-hybridized carbons (Fsp3) is 0. The Labute approximate surface area is 87.2 Å². The molecule has 71 valence electrons. The lowest BCUT2D eigenvalue weighted by Gasteiger charge is -2.00. The lowest BCUT2D eigenvalue weighted by atomic mass is 10.0. The van der Waals surface area contributed by atoms with Crippen molar-refractivity contribution in [3.63, 3.8) is 0 Å². The van der Waals surface area contributed by atoms with Crippen molar-refractivity contribution in [3.8, 4) is 11.1 Å². The Bertz CT molecular complexity index is 584. The molecule has 0 saturated heterocycles. The molecule has 3 aromatic rings. The molecule has 0 atom stereocenters. The summed E-state index contributed by atoms with van der Waals surface area (Å²) in [6, 6.07) is 12.9. The molecule has 0 aliphatic rings. The van der Waals surface area contributed by atoms with Crippen molar-refractivity contribution in [2.75, 3.05) is 0 Å². The van der Waals surface area contributed by atoms with Crippen molar-refractivity contribution in [2.24, 2.45) is 0 Å². The maximum atomic E-state index is 5.34. The molecule has 15 heavy (non-hydrogen) atoms. The second-order valence-corrected chi connectivity index (χ2v) is 3.29. The highest BCUT2D eigenvalue weighted by Gasteiger charge is 2.04. The minimum atomic E-state index is 0.889. The van der Waals surface area contributed by atoms with E-state index in [0.29, 0.717) is 0 Å². The average Bonchev–Trinajstić information content (AvgIpc) is 2.78. The molecule has 0 aliphatic heterocycles. The van der Waals surface area contributed by atoms with Crippen LogP contribution in [-0.4, -0.2) is 4.98 Å². The van der Waals surface area contributed by atoms with Gasteiger partial charge in [-0.25, -0.2) is 0 Å². The second-order valence-electron chi connectivity index (χ2n) is 3.29. The van der Waals surface area contributed by atoms with E-state index < -0.39 is 0 Å². The zero-order chi connectivity index (χ0) is 10.1. The lowest BCUT2D eigenvalue weighted by molar-refractivity contribution is 0.616. The van der Waals surface area contributed by atoms with Gasteiger partial charge in [0.15, 0.2) is 0 Å². The summed E-state index contributed by atoms with van der Waals surface area (Å²) in [6.45, 7) is 0. The Morgan fingerprint density at radius 1 is 1.07 bits per heavy atom. The van der Waals surface area contributed by atoms with Crippen molar-refractivity contribution >= 4 is 11.0 Å². The molecule has 0 fully saturated rings. The molecule has 1 aromatic carbocycles. The molecule has 2 heteroatoms. The van der Waals surface area contributed by atoms with E-state index in [1.165, 1.54) is 0 Å². The molecule has 0 spiro atoms. The molecule has 0 unspecified atom stereocenters. The van der Waals surface area contributed by atoms with Gasteiger partial charge >= 0.3 is 0 Å². The minimum absolute atomic E-state index is 0.889. The van der Waals surface area contributed by atoms with Crippen LogP contribution in [-0.2, 0) is 0 Å². The van der Waals surface area contributed by atoms with Gasteiger partial charge in [0, 0.05) is 23.3 Å². The van der Waals surface area contributed by atoms with Crippen LogP contribution >= 0.6 is 0 Å². The van der Waals surface area contributed by atoms with E-state index in [1.54, 1.807) is 18.7 Å². The first-order valence-electron chi connectivity index (χ1n) is 4.73. The quantitative estimate of drug-likeness (QED) is 0.594. The Kier molecular flexibility index (Phi) is 1.78. The van der Waals surface area contributed by atoms with Gasteiger partial charge in [0.25, 0.3) is 0 Å². The van der Waals surface area contributed by atoms with Gasteiger partial charge in [-0.1, -0.05) is 0 Å². The van der Waals surface area contributed by atoms with Crippen molar-refractivity contribution in [1.29, 1.82) is 0 Å². The summed E-state index contributed by atoms with van der Waals surface area (Å²) in [5.41, 5.74) is 3.06. The Hall–Kier alpha value is -2.09. The zero-order valence-electron chi connectivity index (χ0n) is 7.97. The average molecular weight is 194 g/mol. The molecular formula is C13H8NO. The van der Waals surface area contributed by atoms with Crippen LogP contribution in [0.2, 0.25) is 0 Å². The van der Waals surface area contributed by atoms with Gasteiger partial charge in [-0.05, 0) is 42.0 Å². The first-order valence-corrected chi connectivity index (χ1v) is 4.73. The standard InChI is InChI=1S/C13H8NO/c1-2-11(10-4-7-14-8-5-10)12-6-9-15-13(12)3-1/h1,3-9H. The summed E-state index contributed by atoms with van der Waals surface area (Å²) >= 11 is 0. The van der Waals surface area contributed by atoms with E-state index in [1.807, 2.05) is 30.3 Å². The smallest absolute Gasteiger partial charge is 0.134 e. The number of nitrogens with zero attached hydrogens (tertiary/aromatic N) is 1. The van der Waals surface area contributed by atoms with Crippen LogP contribution in [0.5, 0.6) is 0 Å². The molecular weight excluding hydrogens is 186 g/mol. The summed E-state index contributed by atoms with van der Waals surface area (Å²) in [7, 11) is 0. The van der Waals surface area contributed by atoms with Crippen molar-refractivity contribution in [1.82, 2.24) is 4.98 Å². The first kappa shape index (κ1) is 8.24. The van der Waals surface area contributed by atoms with Crippen molar-refractivity contribution in [3.05, 3.63) is 55.1 Å². The van der Waals surface area contributed by atoms with Crippen molar-refractivity contribution in [2.45, 2.75) is 0 Å². The van der Waals surface area contributed by atoms with Crippen LogP contribution in [0, 0.1) is 6.07 Å². The highest BCUT2D eigenvalue weighted by Crippen LogP contribution is 2.28. The number of aromatic nitrogens is 1. The van der Waals surface area contributed by atoms with E-state index in [2.05, 4.69) is 11.1 Å². The van der Waals surface area contributed by atoms with Gasteiger partial charge in [-0.2, -0.15) is 0 Å². The third-order valence-corrected chi connectivity index (χ3v) is 2.40. The van der Waals surface area contributed by atoms with Crippen LogP contribution in [0.25, 0.3) is 22.1 Å². The molecule has 0 saturated carbocycles. The van der Waals surface area contributed by atoms with Gasteiger partial charge < -0.3 is 4.42 Å². The molecule has 0 bridgehead atoms. The summed E-state index contributed by atoms with van der Waals surface area (Å²) in [5, 5.41) is 1.09. The summed E-state index contributed by atoms with van der Waals surface area (Å²) < 4.78 is 5.34. The second kappa shape index (κ2) is 3.24. The highest BCUT2D eigenvalue weighted by molar-refractivity contribution is 5.93. The van der Waals surface area contributed by atoms with Crippen LogP contribution in [0.1, 0.15) is 0 Å². The summed E-state index contributed by atoms with van der Waals surface area (Å²) in [6.07, 6.45) is 5.26. The maximum Gasteiger partial charge on any atom is 0.134 e. The fourth-order valence-corrected chi connectivity index (χ4v) is 1.69. The van der Waals surface area contributed by atoms with E-state index in [9.17, 15) is 0 Å². The van der Waals surface area contributed by atoms with E-state index >= 15 is 0 Å². The number of hydrogen-bond donors (Lipinski definition) is 0. The summed E-state index contributed by atoms with van der Waals surface area (Å²) in [4.78, 5) is 4.00. The maximum absolute atomic E-state index is 5.34. The zero-order valence-corrected chi connectivity index (χ0v) is 7.97. The van der Waals surface area contributed by atoms with Gasteiger partial charge in [0.05, 0.1) is 6.26 Å². The Morgan fingerprint density at radius 2 is 1.93 bits per heavy atom. The van der Waals surface area contributed by atoms with Crippen molar-refractivity contribution < 1.29 is 4.42 Å². The van der Waals surface area contributed by atoms with Crippen LogP contribution in [0.15, 0.2) is 53.4 Å². The van der Waals surface area contributed by atoms with Gasteiger partial charge in [-0.3, -0.25) is 4.98 Å². The van der Waals surface area contributed by atoms with Gasteiger partial charge in [0.1, 0.15) is 5.58 Å². The normalized spacial score (nSPS) is 10.7. The topological polar surface area (TPSA) is 26.0 Å². The largest absolute Gasteiger partial charge is 0.464 e. The van der Waals surface area contributed by atoms with E-state index in [-0.39, 0.29) is 0 Å². The Morgan fingerprint density at radius 3 is 2.80 bits per heavy atom. The molecule has 2 aromatic heterocycles. The number of rotatable bonds is 1. The molecule has 0 amide bonds. The molecule has 0 N–H and O–H groups in total. The van der Waals surface area contributed by atoms with Gasteiger partial charge in [-0.15, -0.1) is 0 Å². The SMILES string of the molecule is [c]1ccc2occc2c1-c1ccncc1. The Balaban J connectivity index is 2.31. The lowest BCUT2D eigenvalue weighted by Crippen LogP contribution is -1.79. The predicted octanol–water partition coefficient (Wildman–Crippen LogP) is 3.29. The third-order valence-electron chi connectivity index (χ3n) is 2.40. The third kappa shape index (κ3) is 1.31. The fourth-order valence-electron chi connectivity index (χ4n) is 1.69. The molecule has 0 aliphatic carbocycles. The number of fused-ring (bicyclic) bond motifs is 1.